The van der Waals surface area contributed by atoms with Gasteiger partial charge in [-0.3, -0.25) is 0 Å². The fourth-order valence-corrected chi connectivity index (χ4v) is 1.57. The van der Waals surface area contributed by atoms with Gasteiger partial charge in [0, 0.05) is 17.7 Å². The second-order valence-corrected chi connectivity index (χ2v) is 3.63. The molecule has 0 spiro atoms. The van der Waals surface area contributed by atoms with E-state index in [-0.39, 0.29) is 24.3 Å². The number of methoxy groups -OCH3 is 1. The van der Waals surface area contributed by atoms with Gasteiger partial charge in [0.15, 0.2) is 0 Å². The standard InChI is InChI=1S/C12H18FNO.ClH/c1-3-4-5-11(14)10-7-6-9(13)8-12(10)15-2;/h6-8,11H,3-5,14H2,1-2H3;1H/t11-;/m0./s1. The molecule has 0 radical (unpaired) electrons. The molecule has 1 atom stereocenters. The zero-order chi connectivity index (χ0) is 11.3. The number of hydrogen-bond acceptors (Lipinski definition) is 2. The highest BCUT2D eigenvalue weighted by Gasteiger charge is 2.11. The number of unbranched alkanes of at least 4 members (excludes halogenated alkanes) is 1. The van der Waals surface area contributed by atoms with Gasteiger partial charge in [-0.15, -0.1) is 12.4 Å². The molecule has 0 aliphatic carbocycles. The molecule has 1 aromatic carbocycles. The fraction of sp³-hybridized carbons (Fsp3) is 0.500. The Balaban J connectivity index is 0.00000225. The van der Waals surface area contributed by atoms with E-state index in [1.54, 1.807) is 6.07 Å². The zero-order valence-electron chi connectivity index (χ0n) is 9.70. The Bertz CT molecular complexity index is 320. The van der Waals surface area contributed by atoms with E-state index in [0.717, 1.165) is 24.8 Å². The number of hydrogen-bond donors (Lipinski definition) is 1. The first-order valence-electron chi connectivity index (χ1n) is 5.28. The van der Waals surface area contributed by atoms with Crippen LogP contribution in [-0.4, -0.2) is 7.11 Å². The van der Waals surface area contributed by atoms with Gasteiger partial charge in [0.25, 0.3) is 0 Å². The van der Waals surface area contributed by atoms with Crippen LogP contribution in [-0.2, 0) is 0 Å². The Labute approximate surface area is 102 Å². The number of nitrogens with two attached hydrogens (primary N) is 1. The molecule has 0 heterocycles. The SMILES string of the molecule is CCCC[C@H](N)c1ccc(F)cc1OC.Cl. The van der Waals surface area contributed by atoms with Crippen LogP contribution in [0.5, 0.6) is 5.75 Å². The highest BCUT2D eigenvalue weighted by atomic mass is 35.5. The summed E-state index contributed by atoms with van der Waals surface area (Å²) >= 11 is 0. The van der Waals surface area contributed by atoms with Crippen molar-refractivity contribution in [2.24, 2.45) is 5.73 Å². The summed E-state index contributed by atoms with van der Waals surface area (Å²) in [7, 11) is 1.53. The van der Waals surface area contributed by atoms with Crippen LogP contribution in [0.1, 0.15) is 37.8 Å². The van der Waals surface area contributed by atoms with Crippen LogP contribution in [0.25, 0.3) is 0 Å². The summed E-state index contributed by atoms with van der Waals surface area (Å²) in [6, 6.07) is 4.43. The second-order valence-electron chi connectivity index (χ2n) is 3.63. The first kappa shape index (κ1) is 15.2. The maximum absolute atomic E-state index is 12.9. The van der Waals surface area contributed by atoms with Crippen molar-refractivity contribution in [3.05, 3.63) is 29.6 Å². The lowest BCUT2D eigenvalue weighted by molar-refractivity contribution is 0.400. The second kappa shape index (κ2) is 7.47. The van der Waals surface area contributed by atoms with Crippen molar-refractivity contribution in [3.8, 4) is 5.75 Å². The van der Waals surface area contributed by atoms with Crippen LogP contribution >= 0.6 is 12.4 Å². The minimum Gasteiger partial charge on any atom is -0.496 e. The molecule has 0 amide bonds. The number of rotatable bonds is 5. The van der Waals surface area contributed by atoms with Crippen molar-refractivity contribution in [2.45, 2.75) is 32.2 Å². The van der Waals surface area contributed by atoms with Crippen LogP contribution in [0.15, 0.2) is 18.2 Å². The van der Waals surface area contributed by atoms with Crippen LogP contribution in [0.4, 0.5) is 4.39 Å². The van der Waals surface area contributed by atoms with Gasteiger partial charge >= 0.3 is 0 Å². The van der Waals surface area contributed by atoms with Crippen LogP contribution in [0.3, 0.4) is 0 Å². The van der Waals surface area contributed by atoms with Crippen molar-refractivity contribution in [1.82, 2.24) is 0 Å². The number of halogens is 2. The molecule has 0 aromatic heterocycles. The van der Waals surface area contributed by atoms with Gasteiger partial charge in [0.2, 0.25) is 0 Å². The van der Waals surface area contributed by atoms with Crippen molar-refractivity contribution >= 4 is 12.4 Å². The van der Waals surface area contributed by atoms with Gasteiger partial charge in [-0.25, -0.2) is 4.39 Å². The summed E-state index contributed by atoms with van der Waals surface area (Å²) in [4.78, 5) is 0. The van der Waals surface area contributed by atoms with E-state index >= 15 is 0 Å². The van der Waals surface area contributed by atoms with E-state index in [1.807, 2.05) is 0 Å². The Kier molecular flexibility index (Phi) is 7.10. The average Bonchev–Trinajstić information content (AvgIpc) is 2.25. The smallest absolute Gasteiger partial charge is 0.126 e. The first-order valence-corrected chi connectivity index (χ1v) is 5.28. The molecule has 0 aliphatic rings. The Morgan fingerprint density at radius 3 is 2.69 bits per heavy atom. The van der Waals surface area contributed by atoms with Crippen LogP contribution < -0.4 is 10.5 Å². The van der Waals surface area contributed by atoms with E-state index in [2.05, 4.69) is 6.92 Å². The molecule has 0 fully saturated rings. The molecule has 0 unspecified atom stereocenters. The molecule has 2 nitrogen and oxygen atoms in total. The lowest BCUT2D eigenvalue weighted by Gasteiger charge is -2.15. The summed E-state index contributed by atoms with van der Waals surface area (Å²) in [5, 5.41) is 0. The zero-order valence-corrected chi connectivity index (χ0v) is 10.5. The maximum atomic E-state index is 12.9. The van der Waals surface area contributed by atoms with Gasteiger partial charge in [0.1, 0.15) is 11.6 Å². The fourth-order valence-electron chi connectivity index (χ4n) is 1.57. The Hall–Kier alpha value is -0.800. The topological polar surface area (TPSA) is 35.2 Å². The first-order chi connectivity index (χ1) is 7.19. The Morgan fingerprint density at radius 1 is 1.44 bits per heavy atom. The Morgan fingerprint density at radius 2 is 2.12 bits per heavy atom. The molecule has 16 heavy (non-hydrogen) atoms. The van der Waals surface area contributed by atoms with Crippen LogP contribution in [0, 0.1) is 5.82 Å². The predicted molar refractivity (Wildman–Crippen MR) is 66.7 cm³/mol. The molecule has 0 bridgehead atoms. The molecule has 1 rings (SSSR count). The summed E-state index contributed by atoms with van der Waals surface area (Å²) in [5.41, 5.74) is 6.89. The van der Waals surface area contributed by atoms with Gasteiger partial charge in [-0.05, 0) is 12.5 Å². The lowest BCUT2D eigenvalue weighted by atomic mass is 10.0. The monoisotopic (exact) mass is 247 g/mol. The summed E-state index contributed by atoms with van der Waals surface area (Å²) in [5.74, 6) is 0.247. The van der Waals surface area contributed by atoms with Crippen molar-refractivity contribution in [2.75, 3.05) is 7.11 Å². The molecule has 2 N–H and O–H groups in total. The van der Waals surface area contributed by atoms with Crippen molar-refractivity contribution in [1.29, 1.82) is 0 Å². The third-order valence-electron chi connectivity index (χ3n) is 2.46. The highest BCUT2D eigenvalue weighted by molar-refractivity contribution is 5.85. The van der Waals surface area contributed by atoms with E-state index in [4.69, 9.17) is 10.5 Å². The van der Waals surface area contributed by atoms with Gasteiger partial charge in [-0.2, -0.15) is 0 Å². The van der Waals surface area contributed by atoms with E-state index in [1.165, 1.54) is 19.2 Å². The molecule has 0 saturated heterocycles. The van der Waals surface area contributed by atoms with E-state index in [9.17, 15) is 4.39 Å². The highest BCUT2D eigenvalue weighted by Crippen LogP contribution is 2.27. The molecule has 4 heteroatoms. The maximum Gasteiger partial charge on any atom is 0.126 e. The van der Waals surface area contributed by atoms with Gasteiger partial charge < -0.3 is 10.5 Å². The molecular formula is C12H19ClFNO. The molecule has 0 saturated carbocycles. The lowest BCUT2D eigenvalue weighted by Crippen LogP contribution is -2.11. The van der Waals surface area contributed by atoms with E-state index in [0.29, 0.717) is 5.75 Å². The predicted octanol–water partition coefficient (Wildman–Crippen LogP) is 3.45. The minimum atomic E-state index is -0.293. The average molecular weight is 248 g/mol. The summed E-state index contributed by atoms with van der Waals surface area (Å²) < 4.78 is 18.0. The largest absolute Gasteiger partial charge is 0.496 e. The molecule has 92 valence electrons. The normalized spacial score (nSPS) is 11.8. The van der Waals surface area contributed by atoms with Crippen molar-refractivity contribution in [3.63, 3.8) is 0 Å². The van der Waals surface area contributed by atoms with E-state index < -0.39 is 0 Å². The molecule has 0 aliphatic heterocycles. The van der Waals surface area contributed by atoms with Gasteiger partial charge in [-0.1, -0.05) is 25.8 Å². The minimum absolute atomic E-state index is 0. The number of benzene rings is 1. The van der Waals surface area contributed by atoms with Gasteiger partial charge in [0.05, 0.1) is 7.11 Å². The third kappa shape index (κ3) is 3.99. The summed E-state index contributed by atoms with van der Waals surface area (Å²) in [6.45, 7) is 2.12. The third-order valence-corrected chi connectivity index (χ3v) is 2.46. The number of ether oxygens (including phenoxy) is 1. The van der Waals surface area contributed by atoms with Crippen molar-refractivity contribution < 1.29 is 9.13 Å². The molecule has 1 aromatic rings. The molecular weight excluding hydrogens is 229 g/mol. The van der Waals surface area contributed by atoms with Crippen LogP contribution in [0.2, 0.25) is 0 Å². The quantitative estimate of drug-likeness (QED) is 0.865. The summed E-state index contributed by atoms with van der Waals surface area (Å²) in [6.07, 6.45) is 3.08.